The van der Waals surface area contributed by atoms with Gasteiger partial charge in [0.2, 0.25) is 10.0 Å². The van der Waals surface area contributed by atoms with Crippen molar-refractivity contribution in [3.63, 3.8) is 0 Å². The molecule has 0 saturated carbocycles. The van der Waals surface area contributed by atoms with Gasteiger partial charge in [-0.2, -0.15) is 4.31 Å². The number of sulfonamides is 1. The molecule has 3 aromatic rings. The van der Waals surface area contributed by atoms with Crippen LogP contribution in [-0.2, 0) is 10.0 Å². The molecule has 0 radical (unpaired) electrons. The number of anilines is 1. The second-order valence-electron chi connectivity index (χ2n) is 8.85. The van der Waals surface area contributed by atoms with Crippen molar-refractivity contribution >= 4 is 32.4 Å². The van der Waals surface area contributed by atoms with Crippen LogP contribution in [0.2, 0.25) is 0 Å². The maximum absolute atomic E-state index is 13.1. The molecule has 1 fully saturated rings. The fraction of sp³-hybridized carbons (Fsp3) is 0.360. The van der Waals surface area contributed by atoms with Gasteiger partial charge in [-0.25, -0.2) is 13.4 Å². The van der Waals surface area contributed by atoms with Crippen molar-refractivity contribution in [1.82, 2.24) is 9.29 Å². The van der Waals surface area contributed by atoms with Crippen LogP contribution in [0.15, 0.2) is 52.7 Å². The van der Waals surface area contributed by atoms with E-state index in [0.717, 1.165) is 12.0 Å². The van der Waals surface area contributed by atoms with E-state index >= 15 is 0 Å². The number of aromatic nitrogens is 1. The number of hydrogen-bond acceptors (Lipinski definition) is 7. The van der Waals surface area contributed by atoms with Crippen LogP contribution in [0.25, 0.3) is 11.3 Å². The number of amides is 1. The van der Waals surface area contributed by atoms with E-state index in [1.54, 1.807) is 30.7 Å². The molecule has 4 rings (SSSR count). The molecule has 1 saturated heterocycles. The Morgan fingerprint density at radius 3 is 2.37 bits per heavy atom. The Kier molecular flexibility index (Phi) is 7.44. The predicted molar refractivity (Wildman–Crippen MR) is 137 cm³/mol. The summed E-state index contributed by atoms with van der Waals surface area (Å²) >= 11 is 1.28. The number of hydrogen-bond donors (Lipinski definition) is 1. The van der Waals surface area contributed by atoms with Gasteiger partial charge in [-0.05, 0) is 60.7 Å². The van der Waals surface area contributed by atoms with Crippen LogP contribution in [0, 0.1) is 11.8 Å². The molecule has 2 aromatic carbocycles. The highest BCUT2D eigenvalue weighted by molar-refractivity contribution is 7.89. The topological polar surface area (TPSA) is 97.8 Å². The van der Waals surface area contributed by atoms with E-state index < -0.39 is 10.0 Å². The highest BCUT2D eigenvalue weighted by Gasteiger charge is 2.31. The lowest BCUT2D eigenvalue weighted by Gasteiger charge is -2.34. The van der Waals surface area contributed by atoms with E-state index in [1.165, 1.54) is 35.6 Å². The van der Waals surface area contributed by atoms with E-state index in [4.69, 9.17) is 9.47 Å². The molecular weight excluding hydrogens is 486 g/mol. The molecule has 2 atom stereocenters. The Bertz CT molecular complexity index is 1290. The molecule has 10 heteroatoms. The number of carbonyl (C=O) groups excluding carboxylic acids is 1. The molecule has 1 aromatic heterocycles. The number of methoxy groups -OCH3 is 2. The Labute approximate surface area is 210 Å². The van der Waals surface area contributed by atoms with Gasteiger partial charge in [0.25, 0.3) is 5.91 Å². The number of ether oxygens (including phenoxy) is 2. The molecule has 2 unspecified atom stereocenters. The Balaban J connectivity index is 1.48. The lowest BCUT2D eigenvalue weighted by molar-refractivity contribution is 0.102. The molecule has 35 heavy (non-hydrogen) atoms. The van der Waals surface area contributed by atoms with Gasteiger partial charge in [0.1, 0.15) is 11.5 Å². The first kappa shape index (κ1) is 25.2. The lowest BCUT2D eigenvalue weighted by atomic mass is 9.94. The quantitative estimate of drug-likeness (QED) is 0.488. The minimum absolute atomic E-state index is 0.192. The van der Waals surface area contributed by atoms with Gasteiger partial charge in [-0.3, -0.25) is 10.1 Å². The summed E-state index contributed by atoms with van der Waals surface area (Å²) in [6.07, 6.45) is 1.02. The van der Waals surface area contributed by atoms with Crippen molar-refractivity contribution in [3.8, 4) is 22.8 Å². The Morgan fingerprint density at radius 1 is 1.06 bits per heavy atom. The molecule has 1 amide bonds. The van der Waals surface area contributed by atoms with Crippen LogP contribution in [-0.4, -0.2) is 50.9 Å². The number of nitrogens with one attached hydrogen (secondary N) is 1. The van der Waals surface area contributed by atoms with Crippen molar-refractivity contribution in [3.05, 3.63) is 53.4 Å². The number of rotatable bonds is 7. The molecule has 1 N–H and O–H groups in total. The monoisotopic (exact) mass is 515 g/mol. The highest BCUT2D eigenvalue weighted by atomic mass is 32.2. The van der Waals surface area contributed by atoms with Gasteiger partial charge in [0.15, 0.2) is 5.13 Å². The molecule has 1 aliphatic rings. The molecule has 1 aliphatic heterocycles. The second-order valence-corrected chi connectivity index (χ2v) is 11.6. The van der Waals surface area contributed by atoms with Crippen molar-refractivity contribution < 1.29 is 22.7 Å². The van der Waals surface area contributed by atoms with Gasteiger partial charge in [-0.15, -0.1) is 11.3 Å². The number of piperidine rings is 1. The molecule has 2 heterocycles. The number of nitrogens with zero attached hydrogens (tertiary/aromatic N) is 2. The standard InChI is InChI=1S/C25H29N3O5S2/c1-16-11-17(2)14-28(13-16)35(30,31)20-8-5-18(6-9-20)24(29)27-25-26-22(15-34-25)21-12-19(32-3)7-10-23(21)33-4/h5-10,12,15-17H,11,13-14H2,1-4H3,(H,26,27,29). The third-order valence-corrected chi connectivity index (χ3v) is 8.60. The van der Waals surface area contributed by atoms with Gasteiger partial charge >= 0.3 is 0 Å². The summed E-state index contributed by atoms with van der Waals surface area (Å²) in [7, 11) is -0.434. The summed E-state index contributed by atoms with van der Waals surface area (Å²) < 4.78 is 38.4. The van der Waals surface area contributed by atoms with Gasteiger partial charge in [0.05, 0.1) is 24.8 Å². The molecule has 0 spiro atoms. The second kappa shape index (κ2) is 10.3. The minimum Gasteiger partial charge on any atom is -0.497 e. The van der Waals surface area contributed by atoms with Gasteiger partial charge < -0.3 is 9.47 Å². The van der Waals surface area contributed by atoms with Crippen molar-refractivity contribution in [2.75, 3.05) is 32.6 Å². The molecule has 0 bridgehead atoms. The van der Waals surface area contributed by atoms with E-state index in [0.29, 0.717) is 52.8 Å². The first-order valence-electron chi connectivity index (χ1n) is 11.3. The molecule has 8 nitrogen and oxygen atoms in total. The van der Waals surface area contributed by atoms with Crippen molar-refractivity contribution in [2.45, 2.75) is 25.2 Å². The largest absolute Gasteiger partial charge is 0.497 e. The Morgan fingerprint density at radius 2 is 1.74 bits per heavy atom. The van der Waals surface area contributed by atoms with Crippen LogP contribution < -0.4 is 14.8 Å². The zero-order valence-electron chi connectivity index (χ0n) is 20.1. The first-order valence-corrected chi connectivity index (χ1v) is 13.6. The number of benzene rings is 2. The van der Waals surface area contributed by atoms with Crippen LogP contribution in [0.3, 0.4) is 0 Å². The Hall–Kier alpha value is -2.95. The first-order chi connectivity index (χ1) is 16.7. The van der Waals surface area contributed by atoms with E-state index in [9.17, 15) is 13.2 Å². The van der Waals surface area contributed by atoms with E-state index in [-0.39, 0.29) is 10.8 Å². The summed E-state index contributed by atoms with van der Waals surface area (Å²) in [5.41, 5.74) is 1.74. The van der Waals surface area contributed by atoms with E-state index in [2.05, 4.69) is 24.1 Å². The fourth-order valence-corrected chi connectivity index (χ4v) is 6.75. The number of carbonyl (C=O) groups is 1. The SMILES string of the molecule is COc1ccc(OC)c(-c2csc(NC(=O)c3ccc(S(=O)(=O)N4CC(C)CC(C)C4)cc3)n2)c1. The van der Waals surface area contributed by atoms with Gasteiger partial charge in [0, 0.05) is 29.6 Å². The smallest absolute Gasteiger partial charge is 0.257 e. The highest BCUT2D eigenvalue weighted by Crippen LogP contribution is 2.35. The zero-order valence-corrected chi connectivity index (χ0v) is 21.8. The molecular formula is C25H29N3O5S2. The average Bonchev–Trinajstić information content (AvgIpc) is 3.31. The summed E-state index contributed by atoms with van der Waals surface area (Å²) in [5, 5.41) is 5.03. The summed E-state index contributed by atoms with van der Waals surface area (Å²) in [6.45, 7) is 5.17. The predicted octanol–water partition coefficient (Wildman–Crippen LogP) is 4.75. The average molecular weight is 516 g/mol. The third-order valence-electron chi connectivity index (χ3n) is 6.00. The summed E-state index contributed by atoms with van der Waals surface area (Å²) in [6, 6.07) is 11.4. The van der Waals surface area contributed by atoms with Crippen LogP contribution >= 0.6 is 11.3 Å². The number of thiazole rings is 1. The van der Waals surface area contributed by atoms with Crippen LogP contribution in [0.5, 0.6) is 11.5 Å². The third kappa shape index (κ3) is 5.50. The summed E-state index contributed by atoms with van der Waals surface area (Å²) in [4.78, 5) is 17.5. The zero-order chi connectivity index (χ0) is 25.2. The van der Waals surface area contributed by atoms with Crippen molar-refractivity contribution in [1.29, 1.82) is 0 Å². The molecule has 186 valence electrons. The fourth-order valence-electron chi connectivity index (χ4n) is 4.37. The van der Waals surface area contributed by atoms with E-state index in [1.807, 2.05) is 11.4 Å². The maximum Gasteiger partial charge on any atom is 0.257 e. The maximum atomic E-state index is 13.1. The lowest BCUT2D eigenvalue weighted by Crippen LogP contribution is -2.42. The van der Waals surface area contributed by atoms with Crippen LogP contribution in [0.1, 0.15) is 30.6 Å². The minimum atomic E-state index is -3.60. The van der Waals surface area contributed by atoms with Gasteiger partial charge in [-0.1, -0.05) is 13.8 Å². The molecule has 0 aliphatic carbocycles. The van der Waals surface area contributed by atoms with Crippen LogP contribution in [0.4, 0.5) is 5.13 Å². The summed E-state index contributed by atoms with van der Waals surface area (Å²) in [5.74, 6) is 1.58. The van der Waals surface area contributed by atoms with Crippen molar-refractivity contribution in [2.24, 2.45) is 11.8 Å². The normalized spacial score (nSPS) is 18.7.